The zero-order chi connectivity index (χ0) is 20.1. The number of benzene rings is 1. The fourth-order valence-electron chi connectivity index (χ4n) is 3.38. The molecule has 1 aliphatic rings. The smallest absolute Gasteiger partial charge is 0.316 e. The van der Waals surface area contributed by atoms with Gasteiger partial charge in [0.2, 0.25) is 5.91 Å². The van der Waals surface area contributed by atoms with Crippen LogP contribution in [0.4, 0.5) is 10.5 Å². The molecule has 148 valence electrons. The van der Waals surface area contributed by atoms with Crippen LogP contribution in [0, 0.1) is 0 Å². The van der Waals surface area contributed by atoms with Crippen LogP contribution in [0.3, 0.4) is 0 Å². The number of hydrogen-bond donors (Lipinski definition) is 3. The molecule has 2 atom stereocenters. The molecule has 0 saturated carbocycles. The zero-order valence-corrected chi connectivity index (χ0v) is 15.7. The predicted molar refractivity (Wildman–Crippen MR) is 104 cm³/mol. The Morgan fingerprint density at radius 2 is 1.93 bits per heavy atom. The molecule has 1 saturated heterocycles. The van der Waals surface area contributed by atoms with Gasteiger partial charge in [-0.15, -0.1) is 0 Å². The number of piperidine rings is 1. The number of furan rings is 1. The Bertz CT molecular complexity index is 832. The van der Waals surface area contributed by atoms with Crippen molar-refractivity contribution >= 4 is 23.5 Å². The monoisotopic (exact) mass is 384 g/mol. The van der Waals surface area contributed by atoms with Crippen LogP contribution in [-0.4, -0.2) is 35.3 Å². The molecule has 28 heavy (non-hydrogen) atoms. The van der Waals surface area contributed by atoms with Gasteiger partial charge in [-0.25, -0.2) is 4.79 Å². The molecule has 0 bridgehead atoms. The molecule has 0 aliphatic carbocycles. The van der Waals surface area contributed by atoms with Crippen LogP contribution in [0.2, 0.25) is 0 Å². The molecule has 3 rings (SSSR count). The van der Waals surface area contributed by atoms with E-state index in [0.29, 0.717) is 18.7 Å². The van der Waals surface area contributed by atoms with Crippen molar-refractivity contribution in [3.8, 4) is 0 Å². The first-order valence-corrected chi connectivity index (χ1v) is 9.27. The van der Waals surface area contributed by atoms with Gasteiger partial charge in [0.1, 0.15) is 6.04 Å². The first-order valence-electron chi connectivity index (χ1n) is 9.27. The molecule has 1 aromatic heterocycles. The lowest BCUT2D eigenvalue weighted by molar-refractivity contribution is -0.127. The van der Waals surface area contributed by atoms with Crippen molar-refractivity contribution in [3.63, 3.8) is 0 Å². The predicted octanol–water partition coefficient (Wildman–Crippen LogP) is 2.64. The van der Waals surface area contributed by atoms with E-state index in [2.05, 4.69) is 10.6 Å². The van der Waals surface area contributed by atoms with Crippen molar-refractivity contribution in [3.05, 3.63) is 54.0 Å². The molecule has 0 spiro atoms. The minimum Gasteiger partial charge on any atom is -0.459 e. The molecule has 0 radical (unpaired) electrons. The van der Waals surface area contributed by atoms with E-state index in [4.69, 9.17) is 10.2 Å². The highest BCUT2D eigenvalue weighted by molar-refractivity contribution is 5.95. The molecule has 2 unspecified atom stereocenters. The Morgan fingerprint density at radius 1 is 1.18 bits per heavy atom. The van der Waals surface area contributed by atoms with Gasteiger partial charge in [-0.2, -0.15) is 0 Å². The summed E-state index contributed by atoms with van der Waals surface area (Å²) < 4.78 is 5.20. The largest absolute Gasteiger partial charge is 0.459 e. The van der Waals surface area contributed by atoms with Crippen molar-refractivity contribution in [1.29, 1.82) is 0 Å². The number of urea groups is 1. The molecule has 1 fully saturated rings. The zero-order valence-electron chi connectivity index (χ0n) is 15.7. The number of carbonyl (C=O) groups excluding carboxylic acids is 3. The van der Waals surface area contributed by atoms with Crippen LogP contribution in [0.5, 0.6) is 0 Å². The Hall–Kier alpha value is -3.29. The minimum atomic E-state index is -0.632. The number of nitrogens with zero attached hydrogens (tertiary/aromatic N) is 1. The number of likely N-dealkylation sites (tertiary alicyclic amines) is 1. The van der Waals surface area contributed by atoms with Crippen LogP contribution < -0.4 is 16.4 Å². The average molecular weight is 384 g/mol. The summed E-state index contributed by atoms with van der Waals surface area (Å²) in [6.07, 6.45) is 3.82. The number of nitrogens with one attached hydrogen (secondary N) is 2. The number of rotatable bonds is 5. The van der Waals surface area contributed by atoms with E-state index >= 15 is 0 Å². The Kier molecular flexibility index (Phi) is 5.98. The van der Waals surface area contributed by atoms with Gasteiger partial charge in [0.25, 0.3) is 5.91 Å². The van der Waals surface area contributed by atoms with Gasteiger partial charge in [0.05, 0.1) is 12.3 Å². The molecule has 8 heteroatoms. The first kappa shape index (κ1) is 19.5. The maximum Gasteiger partial charge on any atom is 0.316 e. The quantitative estimate of drug-likeness (QED) is 0.734. The normalized spacial score (nSPS) is 17.6. The summed E-state index contributed by atoms with van der Waals surface area (Å²) in [5.41, 5.74) is 6.56. The number of carbonyl (C=O) groups is 3. The summed E-state index contributed by atoms with van der Waals surface area (Å²) in [7, 11) is 0. The Balaban J connectivity index is 1.66. The SMILES string of the molecule is CC(NC(=O)C1CCCCN1C(=O)c1ccco1)c1ccc(NC(N)=O)cc1. The van der Waals surface area contributed by atoms with Gasteiger partial charge in [0, 0.05) is 12.2 Å². The number of amides is 4. The number of anilines is 1. The Morgan fingerprint density at radius 3 is 2.57 bits per heavy atom. The molecule has 4 amide bonds. The van der Waals surface area contributed by atoms with Crippen LogP contribution in [0.1, 0.15) is 48.3 Å². The van der Waals surface area contributed by atoms with Gasteiger partial charge in [0.15, 0.2) is 5.76 Å². The number of primary amides is 1. The summed E-state index contributed by atoms with van der Waals surface area (Å²) >= 11 is 0. The lowest BCUT2D eigenvalue weighted by Gasteiger charge is -2.34. The third kappa shape index (κ3) is 4.51. The lowest BCUT2D eigenvalue weighted by Crippen LogP contribution is -2.52. The highest BCUT2D eigenvalue weighted by Crippen LogP contribution is 2.22. The molecule has 1 aliphatic heterocycles. The van der Waals surface area contributed by atoms with Crippen LogP contribution in [-0.2, 0) is 4.79 Å². The maximum atomic E-state index is 12.9. The summed E-state index contributed by atoms with van der Waals surface area (Å²) in [6.45, 7) is 2.40. The van der Waals surface area contributed by atoms with E-state index in [1.807, 2.05) is 19.1 Å². The molecule has 4 N–H and O–H groups in total. The number of hydrogen-bond acceptors (Lipinski definition) is 4. The summed E-state index contributed by atoms with van der Waals surface area (Å²) in [4.78, 5) is 38.0. The van der Waals surface area contributed by atoms with Crippen LogP contribution in [0.25, 0.3) is 0 Å². The molecular weight excluding hydrogens is 360 g/mol. The number of nitrogens with two attached hydrogens (primary N) is 1. The van der Waals surface area contributed by atoms with Crippen molar-refractivity contribution in [1.82, 2.24) is 10.2 Å². The van der Waals surface area contributed by atoms with Gasteiger partial charge in [-0.05, 0) is 56.0 Å². The molecule has 8 nitrogen and oxygen atoms in total. The summed E-state index contributed by atoms with van der Waals surface area (Å²) in [5, 5.41) is 5.47. The van der Waals surface area contributed by atoms with Gasteiger partial charge in [-0.3, -0.25) is 9.59 Å². The van der Waals surface area contributed by atoms with E-state index in [1.165, 1.54) is 6.26 Å². The molecular formula is C20H24N4O4. The van der Waals surface area contributed by atoms with Crippen LogP contribution in [0.15, 0.2) is 47.1 Å². The van der Waals surface area contributed by atoms with Crippen molar-refractivity contribution in [2.75, 3.05) is 11.9 Å². The van der Waals surface area contributed by atoms with Gasteiger partial charge < -0.3 is 25.7 Å². The van der Waals surface area contributed by atoms with E-state index in [1.54, 1.807) is 29.2 Å². The summed E-state index contributed by atoms with van der Waals surface area (Å²) in [6, 6.07) is 8.91. The minimum absolute atomic E-state index is 0.188. The topological polar surface area (TPSA) is 118 Å². The highest BCUT2D eigenvalue weighted by Gasteiger charge is 2.34. The van der Waals surface area contributed by atoms with E-state index in [0.717, 1.165) is 18.4 Å². The third-order valence-corrected chi connectivity index (χ3v) is 4.84. The van der Waals surface area contributed by atoms with Gasteiger partial charge >= 0.3 is 6.03 Å². The molecule has 1 aromatic carbocycles. The second-order valence-corrected chi connectivity index (χ2v) is 6.83. The van der Waals surface area contributed by atoms with Gasteiger partial charge in [-0.1, -0.05) is 12.1 Å². The molecule has 2 aromatic rings. The highest BCUT2D eigenvalue weighted by atomic mass is 16.3. The van der Waals surface area contributed by atoms with E-state index < -0.39 is 12.1 Å². The first-order chi connectivity index (χ1) is 13.5. The fraction of sp³-hybridized carbons (Fsp3) is 0.350. The van der Waals surface area contributed by atoms with Crippen LogP contribution >= 0.6 is 0 Å². The van der Waals surface area contributed by atoms with E-state index in [-0.39, 0.29) is 23.6 Å². The van der Waals surface area contributed by atoms with Crippen molar-refractivity contribution < 1.29 is 18.8 Å². The van der Waals surface area contributed by atoms with E-state index in [9.17, 15) is 14.4 Å². The van der Waals surface area contributed by atoms with Crippen molar-refractivity contribution in [2.24, 2.45) is 5.73 Å². The third-order valence-electron chi connectivity index (χ3n) is 4.84. The summed E-state index contributed by atoms with van der Waals surface area (Å²) in [5.74, 6) is -0.212. The maximum absolute atomic E-state index is 12.9. The second kappa shape index (κ2) is 8.60. The lowest BCUT2D eigenvalue weighted by atomic mass is 10.00. The van der Waals surface area contributed by atoms with Crippen molar-refractivity contribution in [2.45, 2.75) is 38.3 Å². The fourth-order valence-corrected chi connectivity index (χ4v) is 3.38. The molecule has 2 heterocycles. The Labute approximate surface area is 163 Å². The second-order valence-electron chi connectivity index (χ2n) is 6.83. The average Bonchev–Trinajstić information content (AvgIpc) is 3.22. The standard InChI is InChI=1S/C20H24N4O4/c1-13(14-7-9-15(10-8-14)23-20(21)27)22-18(25)16-5-2-3-11-24(16)19(26)17-6-4-12-28-17/h4,6-10,12-13,16H,2-3,5,11H2,1H3,(H,22,25)(H3,21,23,27).